The lowest BCUT2D eigenvalue weighted by molar-refractivity contribution is -0.119. The number of carbonyl (C=O) groups excluding carboxylic acids is 1. The van der Waals surface area contributed by atoms with E-state index >= 15 is 0 Å². The Kier molecular flexibility index (Phi) is 5.81. The fourth-order valence-electron chi connectivity index (χ4n) is 2.99. The maximum Gasteiger partial charge on any atom is 0.235 e. The highest BCUT2D eigenvalue weighted by Crippen LogP contribution is 2.29. The van der Waals surface area contributed by atoms with Gasteiger partial charge in [-0.1, -0.05) is 37.3 Å². The molecule has 0 radical (unpaired) electrons. The van der Waals surface area contributed by atoms with Crippen LogP contribution in [0.25, 0.3) is 0 Å². The minimum absolute atomic E-state index is 0.00216. The predicted molar refractivity (Wildman–Crippen MR) is 91.8 cm³/mol. The SMILES string of the molecule is CCS(=O)(=O)CC(=O)NCC1(C)CCCN1Cc1ccccc1. The van der Waals surface area contributed by atoms with Crippen molar-refractivity contribution in [1.29, 1.82) is 0 Å². The van der Waals surface area contributed by atoms with E-state index < -0.39 is 21.5 Å². The van der Waals surface area contributed by atoms with Gasteiger partial charge >= 0.3 is 0 Å². The van der Waals surface area contributed by atoms with Gasteiger partial charge in [-0.3, -0.25) is 9.69 Å². The maximum atomic E-state index is 11.9. The standard InChI is InChI=1S/C17H26N2O3S/c1-3-23(21,22)13-16(20)18-14-17(2)10-7-11-19(17)12-15-8-5-4-6-9-15/h4-6,8-9H,3,7,10-14H2,1-2H3,(H,18,20). The van der Waals surface area contributed by atoms with Crippen LogP contribution in [0.3, 0.4) is 0 Å². The zero-order valence-electron chi connectivity index (χ0n) is 13.9. The number of hydrogen-bond acceptors (Lipinski definition) is 4. The Hall–Kier alpha value is -1.40. The number of likely N-dealkylation sites (tertiary alicyclic amines) is 1. The molecule has 1 heterocycles. The Bertz CT molecular complexity index is 630. The number of carbonyl (C=O) groups is 1. The summed E-state index contributed by atoms with van der Waals surface area (Å²) < 4.78 is 23.0. The highest BCUT2D eigenvalue weighted by Gasteiger charge is 2.36. The second-order valence-corrected chi connectivity index (χ2v) is 8.81. The third-order valence-corrected chi connectivity index (χ3v) is 6.16. The molecule has 1 fully saturated rings. The first-order chi connectivity index (χ1) is 10.8. The molecular weight excluding hydrogens is 312 g/mol. The van der Waals surface area contributed by atoms with E-state index in [1.807, 2.05) is 18.2 Å². The van der Waals surface area contributed by atoms with Crippen LogP contribution < -0.4 is 5.32 Å². The van der Waals surface area contributed by atoms with Crippen molar-refractivity contribution in [2.75, 3.05) is 24.6 Å². The fourth-order valence-corrected chi connectivity index (χ4v) is 3.70. The molecule has 1 N–H and O–H groups in total. The third-order valence-electron chi connectivity index (χ3n) is 4.58. The van der Waals surface area contributed by atoms with E-state index in [-0.39, 0.29) is 11.3 Å². The Morgan fingerprint density at radius 3 is 2.65 bits per heavy atom. The molecule has 1 atom stereocenters. The minimum atomic E-state index is -3.27. The van der Waals surface area contributed by atoms with Crippen molar-refractivity contribution >= 4 is 15.7 Å². The lowest BCUT2D eigenvalue weighted by Crippen LogP contribution is -2.50. The summed E-state index contributed by atoms with van der Waals surface area (Å²) in [6, 6.07) is 10.3. The van der Waals surface area contributed by atoms with Crippen molar-refractivity contribution < 1.29 is 13.2 Å². The molecule has 23 heavy (non-hydrogen) atoms. The van der Waals surface area contributed by atoms with Crippen molar-refractivity contribution in [1.82, 2.24) is 10.2 Å². The molecule has 1 amide bonds. The average molecular weight is 338 g/mol. The highest BCUT2D eigenvalue weighted by molar-refractivity contribution is 7.92. The molecule has 1 aliphatic rings. The van der Waals surface area contributed by atoms with Gasteiger partial charge in [-0.05, 0) is 31.9 Å². The average Bonchev–Trinajstić information content (AvgIpc) is 2.87. The van der Waals surface area contributed by atoms with Crippen LogP contribution in [0.4, 0.5) is 0 Å². The number of benzene rings is 1. The van der Waals surface area contributed by atoms with Crippen LogP contribution in [0.15, 0.2) is 30.3 Å². The fraction of sp³-hybridized carbons (Fsp3) is 0.588. The molecule has 0 aromatic heterocycles. The second-order valence-electron chi connectivity index (χ2n) is 6.46. The zero-order valence-corrected chi connectivity index (χ0v) is 14.7. The molecule has 1 aliphatic heterocycles. The van der Waals surface area contributed by atoms with Crippen LogP contribution in [0.2, 0.25) is 0 Å². The van der Waals surface area contributed by atoms with Crippen LogP contribution >= 0.6 is 0 Å². The van der Waals surface area contributed by atoms with E-state index in [0.29, 0.717) is 6.54 Å². The second kappa shape index (κ2) is 7.45. The number of hydrogen-bond donors (Lipinski definition) is 1. The molecule has 1 aromatic rings. The Labute approximate surface area is 139 Å². The van der Waals surface area contributed by atoms with Crippen molar-refractivity contribution in [2.45, 2.75) is 38.8 Å². The molecule has 128 valence electrons. The summed E-state index contributed by atoms with van der Waals surface area (Å²) in [6.07, 6.45) is 2.09. The number of rotatable bonds is 7. The lowest BCUT2D eigenvalue weighted by Gasteiger charge is -2.35. The topological polar surface area (TPSA) is 66.5 Å². The predicted octanol–water partition coefficient (Wildman–Crippen LogP) is 1.59. The van der Waals surface area contributed by atoms with Gasteiger partial charge in [0, 0.05) is 24.4 Å². The van der Waals surface area contributed by atoms with E-state index in [1.165, 1.54) is 5.56 Å². The van der Waals surface area contributed by atoms with Gasteiger partial charge in [0.1, 0.15) is 5.75 Å². The number of amides is 1. The van der Waals surface area contributed by atoms with Gasteiger partial charge in [0.15, 0.2) is 9.84 Å². The minimum Gasteiger partial charge on any atom is -0.353 e. The molecule has 1 unspecified atom stereocenters. The van der Waals surface area contributed by atoms with E-state index in [0.717, 1.165) is 25.9 Å². The van der Waals surface area contributed by atoms with Crippen LogP contribution in [-0.4, -0.2) is 49.4 Å². The van der Waals surface area contributed by atoms with Crippen LogP contribution in [0.5, 0.6) is 0 Å². The maximum absolute atomic E-state index is 11.9. The van der Waals surface area contributed by atoms with Crippen molar-refractivity contribution in [3.8, 4) is 0 Å². The van der Waals surface area contributed by atoms with Gasteiger partial charge in [0.05, 0.1) is 0 Å². The summed E-state index contributed by atoms with van der Waals surface area (Å²) in [5, 5.41) is 2.81. The Balaban J connectivity index is 1.93. The van der Waals surface area contributed by atoms with Crippen LogP contribution in [0, 0.1) is 0 Å². The first-order valence-corrected chi connectivity index (χ1v) is 9.93. The molecular formula is C17H26N2O3S. The van der Waals surface area contributed by atoms with Crippen LogP contribution in [0.1, 0.15) is 32.3 Å². The van der Waals surface area contributed by atoms with Crippen LogP contribution in [-0.2, 0) is 21.2 Å². The molecule has 0 spiro atoms. The summed E-state index contributed by atoms with van der Waals surface area (Å²) in [5.74, 6) is -0.824. The normalized spacial score (nSPS) is 22.2. The summed E-state index contributed by atoms with van der Waals surface area (Å²) in [7, 11) is -3.27. The Morgan fingerprint density at radius 1 is 1.30 bits per heavy atom. The third kappa shape index (κ3) is 5.04. The zero-order chi connectivity index (χ0) is 16.9. The van der Waals surface area contributed by atoms with Gasteiger partial charge < -0.3 is 5.32 Å². The van der Waals surface area contributed by atoms with E-state index in [4.69, 9.17) is 0 Å². The van der Waals surface area contributed by atoms with E-state index in [9.17, 15) is 13.2 Å². The van der Waals surface area contributed by atoms with Gasteiger partial charge in [0.2, 0.25) is 5.91 Å². The number of sulfone groups is 1. The Morgan fingerprint density at radius 2 is 2.00 bits per heavy atom. The summed E-state index contributed by atoms with van der Waals surface area (Å²) in [5.41, 5.74) is 1.13. The van der Waals surface area contributed by atoms with E-state index in [1.54, 1.807) is 6.92 Å². The highest BCUT2D eigenvalue weighted by atomic mass is 32.2. The summed E-state index contributed by atoms with van der Waals surface area (Å²) >= 11 is 0. The first kappa shape index (κ1) is 17.9. The van der Waals surface area contributed by atoms with E-state index in [2.05, 4.69) is 29.3 Å². The molecule has 0 saturated carbocycles. The van der Waals surface area contributed by atoms with Crippen molar-refractivity contribution in [3.05, 3.63) is 35.9 Å². The molecule has 6 heteroatoms. The van der Waals surface area contributed by atoms with Crippen molar-refractivity contribution in [3.63, 3.8) is 0 Å². The molecule has 0 aliphatic carbocycles. The smallest absolute Gasteiger partial charge is 0.235 e. The number of nitrogens with zero attached hydrogens (tertiary/aromatic N) is 1. The molecule has 5 nitrogen and oxygen atoms in total. The van der Waals surface area contributed by atoms with Crippen molar-refractivity contribution in [2.24, 2.45) is 0 Å². The first-order valence-electron chi connectivity index (χ1n) is 8.11. The van der Waals surface area contributed by atoms with Gasteiger partial charge in [-0.15, -0.1) is 0 Å². The molecule has 2 rings (SSSR count). The van der Waals surface area contributed by atoms with Gasteiger partial charge in [0.25, 0.3) is 0 Å². The molecule has 1 saturated heterocycles. The quantitative estimate of drug-likeness (QED) is 0.820. The largest absolute Gasteiger partial charge is 0.353 e. The number of nitrogens with one attached hydrogen (secondary N) is 1. The van der Waals surface area contributed by atoms with Gasteiger partial charge in [-0.2, -0.15) is 0 Å². The summed E-state index contributed by atoms with van der Waals surface area (Å²) in [4.78, 5) is 14.2. The lowest BCUT2D eigenvalue weighted by atomic mass is 9.98. The van der Waals surface area contributed by atoms with Gasteiger partial charge in [-0.25, -0.2) is 8.42 Å². The summed E-state index contributed by atoms with van der Waals surface area (Å²) in [6.45, 7) is 6.02. The monoisotopic (exact) mass is 338 g/mol. The molecule has 1 aromatic carbocycles. The molecule has 0 bridgehead atoms.